The fourth-order valence-electron chi connectivity index (χ4n) is 4.79. The van der Waals surface area contributed by atoms with Crippen molar-refractivity contribution < 1.29 is 18.8 Å². The van der Waals surface area contributed by atoms with E-state index < -0.39 is 5.54 Å². The molecular weight excluding hydrogens is 452 g/mol. The topological polar surface area (TPSA) is 86.1 Å². The minimum Gasteiger partial charge on any atom is -0.467 e. The summed E-state index contributed by atoms with van der Waals surface area (Å²) in [6.45, 7) is 1.56. The molecule has 5 rings (SSSR count). The van der Waals surface area contributed by atoms with Gasteiger partial charge in [0.2, 0.25) is 5.91 Å². The molecular formula is C25H26N4O4S. The third-order valence-corrected chi connectivity index (χ3v) is 7.42. The molecule has 2 aliphatic rings. The van der Waals surface area contributed by atoms with E-state index >= 15 is 0 Å². The highest BCUT2D eigenvalue weighted by Crippen LogP contribution is 2.39. The van der Waals surface area contributed by atoms with Gasteiger partial charge in [0.25, 0.3) is 11.8 Å². The van der Waals surface area contributed by atoms with Gasteiger partial charge in [-0.2, -0.15) is 0 Å². The molecule has 1 spiro atoms. The zero-order valence-corrected chi connectivity index (χ0v) is 19.5. The third kappa shape index (κ3) is 4.19. The molecule has 0 atom stereocenters. The maximum Gasteiger partial charge on any atom is 0.263 e. The maximum atomic E-state index is 13.7. The number of furan rings is 1. The summed E-state index contributed by atoms with van der Waals surface area (Å²) < 4.78 is 5.26. The van der Waals surface area contributed by atoms with Gasteiger partial charge in [0, 0.05) is 18.8 Å². The first-order valence-electron chi connectivity index (χ1n) is 11.3. The van der Waals surface area contributed by atoms with Crippen molar-refractivity contribution in [3.8, 4) is 0 Å². The fourth-order valence-corrected chi connectivity index (χ4v) is 5.48. The van der Waals surface area contributed by atoms with Crippen LogP contribution >= 0.6 is 11.3 Å². The van der Waals surface area contributed by atoms with Gasteiger partial charge in [-0.05, 0) is 48.6 Å². The van der Waals surface area contributed by atoms with Gasteiger partial charge in [0.1, 0.15) is 17.8 Å². The monoisotopic (exact) mass is 478 g/mol. The lowest BCUT2D eigenvalue weighted by atomic mass is 9.85. The number of carbonyl (C=O) groups is 3. The molecule has 0 aliphatic carbocycles. The Balaban J connectivity index is 1.31. The summed E-state index contributed by atoms with van der Waals surface area (Å²) >= 11 is 1.43. The van der Waals surface area contributed by atoms with Crippen LogP contribution in [0.25, 0.3) is 0 Å². The molecule has 2 aromatic heterocycles. The molecule has 0 radical (unpaired) electrons. The number of amides is 3. The van der Waals surface area contributed by atoms with Crippen LogP contribution in [0.1, 0.15) is 28.3 Å². The SMILES string of the molecule is O=C(CN1CN(c2ccccc2)C2(CCN(C(=O)c3cccs3)CC2)C1=O)NCc1ccco1. The molecule has 176 valence electrons. The van der Waals surface area contributed by atoms with E-state index in [0.29, 0.717) is 43.2 Å². The summed E-state index contributed by atoms with van der Waals surface area (Å²) in [6.07, 6.45) is 2.59. The standard InChI is InChI=1S/C25H26N4O4S/c30-22(26-16-20-8-4-14-33-20)17-28-18-29(19-6-2-1-3-7-19)25(24(28)32)10-12-27(13-11-25)23(31)21-9-5-15-34-21/h1-9,14-15H,10-13,16-18H2,(H,26,30). The second-order valence-electron chi connectivity index (χ2n) is 8.57. The van der Waals surface area contributed by atoms with E-state index in [1.165, 1.54) is 11.3 Å². The van der Waals surface area contributed by atoms with Crippen LogP contribution in [0.2, 0.25) is 0 Å². The second kappa shape index (κ2) is 9.34. The number of piperidine rings is 1. The first-order chi connectivity index (χ1) is 16.6. The number of likely N-dealkylation sites (tertiary alicyclic amines) is 1. The van der Waals surface area contributed by atoms with E-state index in [1.54, 1.807) is 23.3 Å². The molecule has 1 N–H and O–H groups in total. The highest BCUT2D eigenvalue weighted by Gasteiger charge is 2.54. The molecule has 3 aromatic rings. The number of carbonyl (C=O) groups excluding carboxylic acids is 3. The first kappa shape index (κ1) is 22.2. The molecule has 2 fully saturated rings. The normalized spacial score (nSPS) is 17.4. The van der Waals surface area contributed by atoms with Gasteiger partial charge in [-0.3, -0.25) is 14.4 Å². The summed E-state index contributed by atoms with van der Waals surface area (Å²) in [5, 5.41) is 4.71. The lowest BCUT2D eigenvalue weighted by molar-refractivity contribution is -0.137. The summed E-state index contributed by atoms with van der Waals surface area (Å²) in [6, 6.07) is 17.1. The Labute approximate surface area is 201 Å². The number of anilines is 1. The van der Waals surface area contributed by atoms with Crippen molar-refractivity contribution in [3.05, 3.63) is 76.9 Å². The fraction of sp³-hybridized carbons (Fsp3) is 0.320. The molecule has 2 saturated heterocycles. The molecule has 2 aliphatic heterocycles. The Morgan fingerprint density at radius 3 is 2.50 bits per heavy atom. The number of para-hydroxylation sites is 1. The first-order valence-corrected chi connectivity index (χ1v) is 12.2. The minimum atomic E-state index is -0.769. The number of thiophene rings is 1. The quantitative estimate of drug-likeness (QED) is 0.589. The van der Waals surface area contributed by atoms with Crippen LogP contribution in [0, 0.1) is 0 Å². The number of nitrogens with one attached hydrogen (secondary N) is 1. The van der Waals surface area contributed by atoms with Gasteiger partial charge in [-0.15, -0.1) is 11.3 Å². The number of rotatable bonds is 6. The largest absolute Gasteiger partial charge is 0.467 e. The van der Waals surface area contributed by atoms with E-state index in [1.807, 2.05) is 52.7 Å². The smallest absolute Gasteiger partial charge is 0.263 e. The van der Waals surface area contributed by atoms with Crippen molar-refractivity contribution in [3.63, 3.8) is 0 Å². The van der Waals surface area contributed by atoms with Crippen LogP contribution in [0.5, 0.6) is 0 Å². The second-order valence-corrected chi connectivity index (χ2v) is 9.51. The average Bonchev–Trinajstić information content (AvgIpc) is 3.63. The predicted molar refractivity (Wildman–Crippen MR) is 128 cm³/mol. The highest BCUT2D eigenvalue weighted by molar-refractivity contribution is 7.12. The van der Waals surface area contributed by atoms with E-state index in [2.05, 4.69) is 10.2 Å². The van der Waals surface area contributed by atoms with Crippen LogP contribution < -0.4 is 10.2 Å². The van der Waals surface area contributed by atoms with Crippen molar-refractivity contribution in [1.82, 2.24) is 15.1 Å². The van der Waals surface area contributed by atoms with Crippen LogP contribution in [0.15, 0.2) is 70.7 Å². The van der Waals surface area contributed by atoms with Crippen molar-refractivity contribution in [1.29, 1.82) is 0 Å². The lowest BCUT2D eigenvalue weighted by Crippen LogP contribution is -2.57. The Kier molecular flexibility index (Phi) is 6.10. The minimum absolute atomic E-state index is 0.00992. The Bertz CT molecular complexity index is 1140. The highest BCUT2D eigenvalue weighted by atomic mass is 32.1. The van der Waals surface area contributed by atoms with Gasteiger partial charge in [-0.1, -0.05) is 24.3 Å². The van der Waals surface area contributed by atoms with Crippen molar-refractivity contribution >= 4 is 34.7 Å². The summed E-state index contributed by atoms with van der Waals surface area (Å²) in [7, 11) is 0. The molecule has 0 bridgehead atoms. The molecule has 8 nitrogen and oxygen atoms in total. The van der Waals surface area contributed by atoms with Crippen molar-refractivity contribution in [2.24, 2.45) is 0 Å². The third-order valence-electron chi connectivity index (χ3n) is 6.57. The molecule has 0 saturated carbocycles. The maximum absolute atomic E-state index is 13.7. The van der Waals surface area contributed by atoms with E-state index in [0.717, 1.165) is 5.69 Å². The van der Waals surface area contributed by atoms with Crippen LogP contribution in [0.3, 0.4) is 0 Å². The van der Waals surface area contributed by atoms with Gasteiger partial charge < -0.3 is 24.4 Å². The van der Waals surface area contributed by atoms with Gasteiger partial charge in [-0.25, -0.2) is 0 Å². The van der Waals surface area contributed by atoms with Crippen LogP contribution in [-0.2, 0) is 16.1 Å². The van der Waals surface area contributed by atoms with Crippen LogP contribution in [0.4, 0.5) is 5.69 Å². The van der Waals surface area contributed by atoms with E-state index in [4.69, 9.17) is 4.42 Å². The van der Waals surface area contributed by atoms with Gasteiger partial charge in [0.15, 0.2) is 0 Å². The van der Waals surface area contributed by atoms with Crippen molar-refractivity contribution in [2.45, 2.75) is 24.9 Å². The molecule has 4 heterocycles. The molecule has 9 heteroatoms. The van der Waals surface area contributed by atoms with Crippen molar-refractivity contribution in [2.75, 3.05) is 31.2 Å². The summed E-state index contributed by atoms with van der Waals surface area (Å²) in [5.74, 6) is 0.370. The predicted octanol–water partition coefficient (Wildman–Crippen LogP) is 2.94. The van der Waals surface area contributed by atoms with E-state index in [-0.39, 0.29) is 30.8 Å². The van der Waals surface area contributed by atoms with E-state index in [9.17, 15) is 14.4 Å². The molecule has 34 heavy (non-hydrogen) atoms. The van der Waals surface area contributed by atoms with Gasteiger partial charge >= 0.3 is 0 Å². The lowest BCUT2D eigenvalue weighted by Gasteiger charge is -2.43. The number of hydrogen-bond donors (Lipinski definition) is 1. The number of hydrogen-bond acceptors (Lipinski definition) is 6. The number of nitrogens with zero attached hydrogens (tertiary/aromatic N) is 3. The molecule has 0 unspecified atom stereocenters. The number of benzene rings is 1. The molecule has 3 amide bonds. The van der Waals surface area contributed by atoms with Crippen LogP contribution in [-0.4, -0.2) is 59.4 Å². The molecule has 1 aromatic carbocycles. The summed E-state index contributed by atoms with van der Waals surface area (Å²) in [4.78, 5) is 45.4. The average molecular weight is 479 g/mol. The Morgan fingerprint density at radius 2 is 1.82 bits per heavy atom. The summed E-state index contributed by atoms with van der Waals surface area (Å²) in [5.41, 5.74) is 0.168. The Hall–Kier alpha value is -3.59. The zero-order chi connectivity index (χ0) is 23.5. The van der Waals surface area contributed by atoms with Gasteiger partial charge in [0.05, 0.1) is 24.4 Å². The zero-order valence-electron chi connectivity index (χ0n) is 18.7. The Morgan fingerprint density at radius 1 is 1.03 bits per heavy atom.